The van der Waals surface area contributed by atoms with E-state index in [0.717, 1.165) is 49.7 Å². The van der Waals surface area contributed by atoms with Crippen molar-refractivity contribution in [2.45, 2.75) is 32.1 Å². The lowest BCUT2D eigenvalue weighted by Gasteiger charge is -2.35. The standard InChI is InChI=1S/C20H25N5O/c26-20(14-16-4-1-2-5-16)25-12-10-24(11-13-25)19-8-7-18(22-23-19)17-6-3-9-21-15-17/h3,6-9,15-16H,1-2,4-5,10-14H2. The normalized spacial score (nSPS) is 18.3. The van der Waals surface area contributed by atoms with Crippen molar-refractivity contribution in [2.75, 3.05) is 31.1 Å². The molecule has 1 saturated heterocycles. The Morgan fingerprint density at radius 2 is 1.85 bits per heavy atom. The summed E-state index contributed by atoms with van der Waals surface area (Å²) < 4.78 is 0. The molecule has 0 radical (unpaired) electrons. The zero-order chi connectivity index (χ0) is 17.8. The van der Waals surface area contributed by atoms with Crippen molar-refractivity contribution in [2.24, 2.45) is 5.92 Å². The maximum Gasteiger partial charge on any atom is 0.222 e. The first-order valence-electron chi connectivity index (χ1n) is 9.56. The molecule has 2 fully saturated rings. The molecule has 136 valence electrons. The second-order valence-electron chi connectivity index (χ2n) is 7.24. The summed E-state index contributed by atoms with van der Waals surface area (Å²) in [6.45, 7) is 3.18. The molecular formula is C20H25N5O. The van der Waals surface area contributed by atoms with Gasteiger partial charge in [0.2, 0.25) is 5.91 Å². The van der Waals surface area contributed by atoms with Crippen molar-refractivity contribution in [1.29, 1.82) is 0 Å². The third kappa shape index (κ3) is 3.84. The van der Waals surface area contributed by atoms with Crippen molar-refractivity contribution in [3.05, 3.63) is 36.7 Å². The van der Waals surface area contributed by atoms with E-state index in [1.165, 1.54) is 25.7 Å². The molecule has 6 heteroatoms. The average Bonchev–Trinajstić information content (AvgIpc) is 3.22. The molecule has 0 spiro atoms. The van der Waals surface area contributed by atoms with E-state index in [1.54, 1.807) is 12.4 Å². The minimum Gasteiger partial charge on any atom is -0.352 e. The predicted molar refractivity (Wildman–Crippen MR) is 101 cm³/mol. The lowest BCUT2D eigenvalue weighted by atomic mass is 10.0. The van der Waals surface area contributed by atoms with Gasteiger partial charge in [0.1, 0.15) is 0 Å². The molecule has 1 aliphatic heterocycles. The van der Waals surface area contributed by atoms with Crippen LogP contribution in [0.2, 0.25) is 0 Å². The summed E-state index contributed by atoms with van der Waals surface area (Å²) in [5.74, 6) is 1.82. The van der Waals surface area contributed by atoms with Crippen molar-refractivity contribution < 1.29 is 4.79 Å². The van der Waals surface area contributed by atoms with E-state index in [-0.39, 0.29) is 0 Å². The molecule has 6 nitrogen and oxygen atoms in total. The Labute approximate surface area is 154 Å². The van der Waals surface area contributed by atoms with Gasteiger partial charge in [-0.05, 0) is 43.0 Å². The predicted octanol–water partition coefficient (Wildman–Crippen LogP) is 2.77. The summed E-state index contributed by atoms with van der Waals surface area (Å²) >= 11 is 0. The third-order valence-electron chi connectivity index (χ3n) is 5.50. The number of nitrogens with zero attached hydrogens (tertiary/aromatic N) is 5. The van der Waals surface area contributed by atoms with Crippen LogP contribution in [0, 0.1) is 5.92 Å². The van der Waals surface area contributed by atoms with Gasteiger partial charge in [0.05, 0.1) is 5.69 Å². The maximum absolute atomic E-state index is 12.5. The van der Waals surface area contributed by atoms with Gasteiger partial charge in [-0.15, -0.1) is 10.2 Å². The number of carbonyl (C=O) groups excluding carboxylic acids is 1. The Kier molecular flexibility index (Phi) is 5.09. The number of piperazine rings is 1. The van der Waals surface area contributed by atoms with Crippen LogP contribution in [0.15, 0.2) is 36.7 Å². The van der Waals surface area contributed by atoms with Gasteiger partial charge >= 0.3 is 0 Å². The number of pyridine rings is 1. The van der Waals surface area contributed by atoms with Gasteiger partial charge in [-0.2, -0.15) is 0 Å². The van der Waals surface area contributed by atoms with E-state index >= 15 is 0 Å². The number of aromatic nitrogens is 3. The molecule has 26 heavy (non-hydrogen) atoms. The molecule has 0 aromatic carbocycles. The van der Waals surface area contributed by atoms with E-state index in [4.69, 9.17) is 0 Å². The first-order chi connectivity index (χ1) is 12.8. The first kappa shape index (κ1) is 16.9. The molecular weight excluding hydrogens is 326 g/mol. The van der Waals surface area contributed by atoms with Crippen LogP contribution in [0.25, 0.3) is 11.3 Å². The van der Waals surface area contributed by atoms with Crippen LogP contribution in [-0.2, 0) is 4.79 Å². The maximum atomic E-state index is 12.5. The number of hydrogen-bond donors (Lipinski definition) is 0. The Morgan fingerprint density at radius 1 is 1.04 bits per heavy atom. The molecule has 0 unspecified atom stereocenters. The molecule has 2 aromatic heterocycles. The molecule has 1 aliphatic carbocycles. The van der Waals surface area contributed by atoms with Crippen LogP contribution < -0.4 is 4.90 Å². The van der Waals surface area contributed by atoms with Gasteiger partial charge in [0.25, 0.3) is 0 Å². The van der Waals surface area contributed by atoms with E-state index in [2.05, 4.69) is 20.1 Å². The smallest absolute Gasteiger partial charge is 0.222 e. The van der Waals surface area contributed by atoms with E-state index in [1.807, 2.05) is 29.2 Å². The quantitative estimate of drug-likeness (QED) is 0.848. The summed E-state index contributed by atoms with van der Waals surface area (Å²) in [7, 11) is 0. The van der Waals surface area contributed by atoms with Crippen LogP contribution in [0.5, 0.6) is 0 Å². The van der Waals surface area contributed by atoms with E-state index < -0.39 is 0 Å². The second kappa shape index (κ2) is 7.81. The number of hydrogen-bond acceptors (Lipinski definition) is 5. The molecule has 1 amide bonds. The number of rotatable bonds is 4. The van der Waals surface area contributed by atoms with E-state index in [0.29, 0.717) is 11.8 Å². The number of anilines is 1. The summed E-state index contributed by atoms with van der Waals surface area (Å²) in [5.41, 5.74) is 1.79. The monoisotopic (exact) mass is 351 g/mol. The highest BCUT2D eigenvalue weighted by atomic mass is 16.2. The largest absolute Gasteiger partial charge is 0.352 e. The molecule has 2 aliphatic rings. The van der Waals surface area contributed by atoms with Crippen LogP contribution in [-0.4, -0.2) is 52.2 Å². The van der Waals surface area contributed by atoms with E-state index in [9.17, 15) is 4.79 Å². The molecule has 0 atom stereocenters. The highest BCUT2D eigenvalue weighted by molar-refractivity contribution is 5.76. The van der Waals surface area contributed by atoms with Gasteiger partial charge in [0.15, 0.2) is 5.82 Å². The minimum absolute atomic E-state index is 0.328. The Bertz CT molecular complexity index is 720. The Balaban J connectivity index is 1.32. The van der Waals surface area contributed by atoms with Crippen molar-refractivity contribution in [3.63, 3.8) is 0 Å². The number of carbonyl (C=O) groups is 1. The fraction of sp³-hybridized carbons (Fsp3) is 0.500. The molecule has 3 heterocycles. The van der Waals surface area contributed by atoms with Crippen molar-refractivity contribution in [1.82, 2.24) is 20.1 Å². The average molecular weight is 351 g/mol. The summed E-state index contributed by atoms with van der Waals surface area (Å²) in [4.78, 5) is 20.8. The SMILES string of the molecule is O=C(CC1CCCC1)N1CCN(c2ccc(-c3cccnc3)nn2)CC1. The van der Waals surface area contributed by atoms with Crippen LogP contribution in [0.1, 0.15) is 32.1 Å². The second-order valence-corrected chi connectivity index (χ2v) is 7.24. The minimum atomic E-state index is 0.328. The number of amides is 1. The molecule has 0 N–H and O–H groups in total. The molecule has 0 bridgehead atoms. The Morgan fingerprint density at radius 3 is 2.50 bits per heavy atom. The zero-order valence-electron chi connectivity index (χ0n) is 15.0. The van der Waals surface area contributed by atoms with Crippen LogP contribution in [0.3, 0.4) is 0 Å². The van der Waals surface area contributed by atoms with Gasteiger partial charge in [0, 0.05) is 50.6 Å². The van der Waals surface area contributed by atoms with Crippen LogP contribution >= 0.6 is 0 Å². The van der Waals surface area contributed by atoms with Gasteiger partial charge in [-0.3, -0.25) is 9.78 Å². The van der Waals surface area contributed by atoms with Crippen molar-refractivity contribution >= 4 is 11.7 Å². The lowest BCUT2D eigenvalue weighted by molar-refractivity contribution is -0.132. The van der Waals surface area contributed by atoms with Crippen molar-refractivity contribution in [3.8, 4) is 11.3 Å². The first-order valence-corrected chi connectivity index (χ1v) is 9.56. The molecule has 2 aromatic rings. The summed E-state index contributed by atoms with van der Waals surface area (Å²) in [5, 5.41) is 8.71. The summed E-state index contributed by atoms with van der Waals surface area (Å²) in [6, 6.07) is 7.86. The fourth-order valence-corrected chi connectivity index (χ4v) is 3.94. The highest BCUT2D eigenvalue weighted by Gasteiger charge is 2.25. The third-order valence-corrected chi connectivity index (χ3v) is 5.50. The molecule has 1 saturated carbocycles. The molecule has 4 rings (SSSR count). The lowest BCUT2D eigenvalue weighted by Crippen LogP contribution is -2.49. The zero-order valence-corrected chi connectivity index (χ0v) is 15.0. The van der Waals surface area contributed by atoms with Gasteiger partial charge in [-0.1, -0.05) is 12.8 Å². The summed E-state index contributed by atoms with van der Waals surface area (Å²) in [6.07, 6.45) is 9.31. The van der Waals surface area contributed by atoms with Crippen LogP contribution in [0.4, 0.5) is 5.82 Å². The fourth-order valence-electron chi connectivity index (χ4n) is 3.94. The Hall–Kier alpha value is -2.50. The van der Waals surface area contributed by atoms with Gasteiger partial charge < -0.3 is 9.80 Å². The highest BCUT2D eigenvalue weighted by Crippen LogP contribution is 2.28. The topological polar surface area (TPSA) is 62.2 Å². The van der Waals surface area contributed by atoms with Gasteiger partial charge in [-0.25, -0.2) is 0 Å².